The fourth-order valence-corrected chi connectivity index (χ4v) is 2.17. The highest BCUT2D eigenvalue weighted by Crippen LogP contribution is 2.28. The maximum atomic E-state index is 11.0. The van der Waals surface area contributed by atoms with Crippen LogP contribution in [0.1, 0.15) is 0 Å². The van der Waals surface area contributed by atoms with Gasteiger partial charge in [0.1, 0.15) is 0 Å². The Hall–Kier alpha value is -1.91. The molecule has 1 aliphatic rings. The molecule has 0 spiro atoms. The van der Waals surface area contributed by atoms with Gasteiger partial charge in [0.15, 0.2) is 0 Å². The standard InChI is InChI=1S/C11H12ClN5O2/c12-9-7-10(17(18)19)11(14-8-9)16-5-3-15(2-1-13)4-6-16/h7-8H,2-6H2. The molecule has 0 radical (unpaired) electrons. The van der Waals surface area contributed by atoms with Crippen LogP contribution in [0, 0.1) is 21.4 Å². The molecule has 2 rings (SSSR count). The molecule has 0 aromatic carbocycles. The van der Waals surface area contributed by atoms with Crippen LogP contribution in [0.4, 0.5) is 11.5 Å². The first kappa shape index (κ1) is 13.5. The van der Waals surface area contributed by atoms with Gasteiger partial charge in [-0.1, -0.05) is 11.6 Å². The molecule has 0 atom stereocenters. The maximum absolute atomic E-state index is 11.0. The van der Waals surface area contributed by atoms with E-state index in [1.165, 1.54) is 12.3 Å². The first-order chi connectivity index (χ1) is 9.11. The molecular formula is C11H12ClN5O2. The van der Waals surface area contributed by atoms with Crippen molar-refractivity contribution in [2.75, 3.05) is 37.6 Å². The second-order valence-corrected chi connectivity index (χ2v) is 4.61. The summed E-state index contributed by atoms with van der Waals surface area (Å²) in [6.07, 6.45) is 1.41. The topological polar surface area (TPSA) is 86.3 Å². The van der Waals surface area contributed by atoms with Gasteiger partial charge in [0.05, 0.1) is 22.6 Å². The zero-order chi connectivity index (χ0) is 13.8. The van der Waals surface area contributed by atoms with E-state index in [2.05, 4.69) is 11.1 Å². The molecule has 7 nitrogen and oxygen atoms in total. The van der Waals surface area contributed by atoms with Crippen molar-refractivity contribution in [1.82, 2.24) is 9.88 Å². The SMILES string of the molecule is N#CCN1CCN(c2ncc(Cl)cc2[N+](=O)[O-])CC1. The highest BCUT2D eigenvalue weighted by Gasteiger charge is 2.25. The number of halogens is 1. The van der Waals surface area contributed by atoms with Crippen LogP contribution in [-0.4, -0.2) is 47.5 Å². The van der Waals surface area contributed by atoms with Gasteiger partial charge >= 0.3 is 5.69 Å². The van der Waals surface area contributed by atoms with Crippen LogP contribution >= 0.6 is 11.6 Å². The zero-order valence-electron chi connectivity index (χ0n) is 10.1. The summed E-state index contributed by atoms with van der Waals surface area (Å²) < 4.78 is 0. The van der Waals surface area contributed by atoms with Crippen molar-refractivity contribution in [3.05, 3.63) is 27.4 Å². The van der Waals surface area contributed by atoms with E-state index in [1.807, 2.05) is 9.80 Å². The third kappa shape index (κ3) is 3.10. The fourth-order valence-electron chi connectivity index (χ4n) is 2.02. The van der Waals surface area contributed by atoms with E-state index in [1.54, 1.807) is 0 Å². The van der Waals surface area contributed by atoms with Gasteiger partial charge in [-0.05, 0) is 0 Å². The number of pyridine rings is 1. The van der Waals surface area contributed by atoms with Crippen molar-refractivity contribution in [2.24, 2.45) is 0 Å². The summed E-state index contributed by atoms with van der Waals surface area (Å²) >= 11 is 5.73. The molecule has 1 aromatic rings. The highest BCUT2D eigenvalue weighted by atomic mass is 35.5. The van der Waals surface area contributed by atoms with Gasteiger partial charge in [0, 0.05) is 38.4 Å². The second-order valence-electron chi connectivity index (χ2n) is 4.17. The van der Waals surface area contributed by atoms with Crippen LogP contribution in [0.3, 0.4) is 0 Å². The van der Waals surface area contributed by atoms with Crippen molar-refractivity contribution in [3.8, 4) is 6.07 Å². The third-order valence-electron chi connectivity index (χ3n) is 2.98. The Kier molecular flexibility index (Phi) is 4.14. The number of anilines is 1. The first-order valence-electron chi connectivity index (χ1n) is 5.76. The van der Waals surface area contributed by atoms with E-state index in [0.717, 1.165) is 0 Å². The van der Waals surface area contributed by atoms with Crippen molar-refractivity contribution < 1.29 is 4.92 Å². The molecule has 0 unspecified atom stereocenters. The molecule has 8 heteroatoms. The lowest BCUT2D eigenvalue weighted by Crippen LogP contribution is -2.46. The summed E-state index contributed by atoms with van der Waals surface area (Å²) in [7, 11) is 0. The predicted molar refractivity (Wildman–Crippen MR) is 70.2 cm³/mol. The smallest absolute Gasteiger partial charge is 0.313 e. The Balaban J connectivity index is 2.16. The predicted octanol–water partition coefficient (Wildman–Crippen LogP) is 1.29. The minimum absolute atomic E-state index is 0.0822. The van der Waals surface area contributed by atoms with Crippen LogP contribution in [-0.2, 0) is 0 Å². The van der Waals surface area contributed by atoms with E-state index >= 15 is 0 Å². The second kappa shape index (κ2) is 5.82. The van der Waals surface area contributed by atoms with Gasteiger partial charge in [0.25, 0.3) is 0 Å². The van der Waals surface area contributed by atoms with E-state index in [-0.39, 0.29) is 10.7 Å². The monoisotopic (exact) mass is 281 g/mol. The Bertz CT molecular complexity index is 522. The number of rotatable bonds is 3. The average Bonchev–Trinajstić information content (AvgIpc) is 2.40. The Morgan fingerprint density at radius 1 is 1.47 bits per heavy atom. The number of hydrogen-bond acceptors (Lipinski definition) is 6. The molecule has 100 valence electrons. The van der Waals surface area contributed by atoms with Crippen molar-refractivity contribution >= 4 is 23.1 Å². The van der Waals surface area contributed by atoms with Gasteiger partial charge in [-0.25, -0.2) is 4.98 Å². The molecule has 1 fully saturated rings. The molecule has 0 amide bonds. The molecular weight excluding hydrogens is 270 g/mol. The third-order valence-corrected chi connectivity index (χ3v) is 3.18. The van der Waals surface area contributed by atoms with E-state index in [9.17, 15) is 10.1 Å². The Labute approximate surface area is 115 Å². The molecule has 1 aromatic heterocycles. The lowest BCUT2D eigenvalue weighted by atomic mass is 10.3. The summed E-state index contributed by atoms with van der Waals surface area (Å²) in [6.45, 7) is 2.97. The highest BCUT2D eigenvalue weighted by molar-refractivity contribution is 6.30. The molecule has 0 N–H and O–H groups in total. The van der Waals surface area contributed by atoms with Crippen LogP contribution in [0.25, 0.3) is 0 Å². The van der Waals surface area contributed by atoms with Gasteiger partial charge in [0.2, 0.25) is 5.82 Å². The fraction of sp³-hybridized carbons (Fsp3) is 0.455. The van der Waals surface area contributed by atoms with Gasteiger partial charge < -0.3 is 4.90 Å². The van der Waals surface area contributed by atoms with Crippen LogP contribution in [0.2, 0.25) is 5.02 Å². The summed E-state index contributed by atoms with van der Waals surface area (Å²) in [6, 6.07) is 3.41. The summed E-state index contributed by atoms with van der Waals surface area (Å²) in [5, 5.41) is 19.9. The van der Waals surface area contributed by atoms with Crippen LogP contribution < -0.4 is 4.90 Å². The maximum Gasteiger partial charge on any atom is 0.313 e. The average molecular weight is 282 g/mol. The lowest BCUT2D eigenvalue weighted by molar-refractivity contribution is -0.384. The molecule has 1 saturated heterocycles. The zero-order valence-corrected chi connectivity index (χ0v) is 10.9. The molecule has 1 aliphatic heterocycles. The van der Waals surface area contributed by atoms with Gasteiger partial charge in [-0.15, -0.1) is 0 Å². The quantitative estimate of drug-likeness (QED) is 0.471. The Morgan fingerprint density at radius 3 is 2.74 bits per heavy atom. The minimum atomic E-state index is -0.476. The number of nitro groups is 1. The number of hydrogen-bond donors (Lipinski definition) is 0. The number of aromatic nitrogens is 1. The van der Waals surface area contributed by atoms with E-state index in [4.69, 9.17) is 16.9 Å². The molecule has 0 saturated carbocycles. The number of nitriles is 1. The lowest BCUT2D eigenvalue weighted by Gasteiger charge is -2.33. The largest absolute Gasteiger partial charge is 0.348 e. The number of nitrogens with zero attached hydrogens (tertiary/aromatic N) is 5. The van der Waals surface area contributed by atoms with Crippen molar-refractivity contribution in [1.29, 1.82) is 5.26 Å². The van der Waals surface area contributed by atoms with Crippen LogP contribution in [0.5, 0.6) is 0 Å². The van der Waals surface area contributed by atoms with Crippen molar-refractivity contribution in [3.63, 3.8) is 0 Å². The minimum Gasteiger partial charge on any atom is -0.348 e. The number of piperazine rings is 1. The summed E-state index contributed by atoms with van der Waals surface area (Å²) in [5.41, 5.74) is -0.0822. The molecule has 2 heterocycles. The normalized spacial score (nSPS) is 16.1. The Morgan fingerprint density at radius 2 is 2.16 bits per heavy atom. The van der Waals surface area contributed by atoms with Crippen LogP contribution in [0.15, 0.2) is 12.3 Å². The first-order valence-corrected chi connectivity index (χ1v) is 6.14. The van der Waals surface area contributed by atoms with E-state index in [0.29, 0.717) is 38.5 Å². The molecule has 0 aliphatic carbocycles. The van der Waals surface area contributed by atoms with Gasteiger partial charge in [-0.2, -0.15) is 5.26 Å². The molecule has 0 bridgehead atoms. The molecule has 19 heavy (non-hydrogen) atoms. The summed E-state index contributed by atoms with van der Waals surface area (Å²) in [4.78, 5) is 18.4. The van der Waals surface area contributed by atoms with Gasteiger partial charge in [-0.3, -0.25) is 15.0 Å². The van der Waals surface area contributed by atoms with Crippen molar-refractivity contribution in [2.45, 2.75) is 0 Å². The van der Waals surface area contributed by atoms with E-state index < -0.39 is 4.92 Å². The summed E-state index contributed by atoms with van der Waals surface area (Å²) in [5.74, 6) is 0.339.